The third kappa shape index (κ3) is 1.63. The molecule has 1 aromatic heterocycles. The predicted octanol–water partition coefficient (Wildman–Crippen LogP) is 4.59. The van der Waals surface area contributed by atoms with Gasteiger partial charge in [-0.3, -0.25) is 0 Å². The Morgan fingerprint density at radius 2 is 2.20 bits per heavy atom. The second kappa shape index (κ2) is 4.38. The number of nitrogens with one attached hydrogen (secondary N) is 1. The van der Waals surface area contributed by atoms with Crippen molar-refractivity contribution in [2.45, 2.75) is 25.3 Å². The summed E-state index contributed by atoms with van der Waals surface area (Å²) in [5, 5.41) is 16.0. The lowest BCUT2D eigenvalue weighted by Gasteiger charge is -2.37. The maximum Gasteiger partial charge on any atom is 0.139 e. The molecule has 20 heavy (non-hydrogen) atoms. The van der Waals surface area contributed by atoms with E-state index in [1.165, 1.54) is 16.0 Å². The number of benzene rings is 1. The van der Waals surface area contributed by atoms with E-state index in [9.17, 15) is 5.11 Å². The zero-order valence-corrected chi connectivity index (χ0v) is 12.2. The van der Waals surface area contributed by atoms with Gasteiger partial charge in [0.1, 0.15) is 5.75 Å². The SMILES string of the molecule is Cc1ccc(O)c2c1C1C=CCC1C(c1cccs1)N2. The van der Waals surface area contributed by atoms with Crippen molar-refractivity contribution < 1.29 is 5.11 Å². The van der Waals surface area contributed by atoms with E-state index < -0.39 is 0 Å². The van der Waals surface area contributed by atoms with Gasteiger partial charge in [-0.2, -0.15) is 0 Å². The van der Waals surface area contributed by atoms with Crippen molar-refractivity contribution >= 4 is 17.0 Å². The summed E-state index contributed by atoms with van der Waals surface area (Å²) in [5.74, 6) is 1.35. The average Bonchev–Trinajstić information content (AvgIpc) is 3.11. The Labute approximate surface area is 122 Å². The van der Waals surface area contributed by atoms with Crippen molar-refractivity contribution in [3.63, 3.8) is 0 Å². The van der Waals surface area contributed by atoms with E-state index in [4.69, 9.17) is 0 Å². The Morgan fingerprint density at radius 1 is 1.30 bits per heavy atom. The number of rotatable bonds is 1. The van der Waals surface area contributed by atoms with Crippen LogP contribution in [-0.2, 0) is 0 Å². The van der Waals surface area contributed by atoms with E-state index in [-0.39, 0.29) is 0 Å². The Kier molecular flexibility index (Phi) is 2.64. The zero-order valence-electron chi connectivity index (χ0n) is 11.3. The fourth-order valence-electron chi connectivity index (χ4n) is 3.63. The van der Waals surface area contributed by atoms with Crippen LogP contribution in [0.4, 0.5) is 5.69 Å². The molecule has 2 heterocycles. The first-order valence-corrected chi connectivity index (χ1v) is 7.92. The number of fused-ring (bicyclic) bond motifs is 3. The number of phenols is 1. The maximum absolute atomic E-state index is 10.2. The van der Waals surface area contributed by atoms with Gasteiger partial charge in [0.2, 0.25) is 0 Å². The van der Waals surface area contributed by atoms with Crippen molar-refractivity contribution in [2.24, 2.45) is 5.92 Å². The maximum atomic E-state index is 10.2. The molecule has 0 amide bonds. The molecule has 0 bridgehead atoms. The van der Waals surface area contributed by atoms with Crippen LogP contribution in [0.1, 0.15) is 34.4 Å². The average molecular weight is 283 g/mol. The van der Waals surface area contributed by atoms with E-state index >= 15 is 0 Å². The van der Waals surface area contributed by atoms with Gasteiger partial charge in [0.25, 0.3) is 0 Å². The minimum Gasteiger partial charge on any atom is -0.506 e. The van der Waals surface area contributed by atoms with E-state index in [0.29, 0.717) is 23.6 Å². The Bertz CT molecular complexity index is 675. The Morgan fingerprint density at radius 3 is 3.00 bits per heavy atom. The molecule has 3 atom stereocenters. The van der Waals surface area contributed by atoms with Gasteiger partial charge in [0.05, 0.1) is 11.7 Å². The minimum absolute atomic E-state index is 0.301. The number of phenolic OH excluding ortho intramolecular Hbond substituents is 1. The molecule has 3 heteroatoms. The molecule has 0 spiro atoms. The Hall–Kier alpha value is -1.74. The second-order valence-corrected chi connectivity index (χ2v) is 6.66. The summed E-state index contributed by atoms with van der Waals surface area (Å²) in [6.45, 7) is 2.13. The second-order valence-electron chi connectivity index (χ2n) is 5.68. The van der Waals surface area contributed by atoms with Crippen LogP contribution in [0, 0.1) is 12.8 Å². The lowest BCUT2D eigenvalue weighted by Crippen LogP contribution is -2.29. The van der Waals surface area contributed by atoms with Crippen LogP contribution in [-0.4, -0.2) is 5.11 Å². The summed E-state index contributed by atoms with van der Waals surface area (Å²) < 4.78 is 0. The number of anilines is 1. The van der Waals surface area contributed by atoms with Gasteiger partial charge in [-0.15, -0.1) is 11.3 Å². The molecule has 1 aliphatic heterocycles. The van der Waals surface area contributed by atoms with Gasteiger partial charge in [-0.25, -0.2) is 0 Å². The summed E-state index contributed by atoms with van der Waals surface area (Å²) in [5.41, 5.74) is 3.46. The number of hydrogen-bond donors (Lipinski definition) is 2. The fraction of sp³-hybridized carbons (Fsp3) is 0.294. The van der Waals surface area contributed by atoms with Crippen LogP contribution >= 0.6 is 11.3 Å². The molecule has 2 aliphatic rings. The highest BCUT2D eigenvalue weighted by atomic mass is 32.1. The topological polar surface area (TPSA) is 32.3 Å². The van der Waals surface area contributed by atoms with E-state index in [0.717, 1.165) is 12.1 Å². The predicted molar refractivity (Wildman–Crippen MR) is 83.5 cm³/mol. The molecule has 1 aliphatic carbocycles. The van der Waals surface area contributed by atoms with Crippen LogP contribution in [0.2, 0.25) is 0 Å². The van der Waals surface area contributed by atoms with Gasteiger partial charge in [-0.1, -0.05) is 24.3 Å². The lowest BCUT2D eigenvalue weighted by molar-refractivity contribution is 0.417. The van der Waals surface area contributed by atoms with Gasteiger partial charge < -0.3 is 10.4 Å². The summed E-state index contributed by atoms with van der Waals surface area (Å²) >= 11 is 1.79. The third-order valence-electron chi connectivity index (χ3n) is 4.57. The molecule has 1 aromatic carbocycles. The van der Waals surface area contributed by atoms with Crippen LogP contribution in [0.5, 0.6) is 5.75 Å². The molecule has 2 nitrogen and oxygen atoms in total. The number of allylic oxidation sites excluding steroid dienone is 2. The van der Waals surface area contributed by atoms with E-state index in [1.54, 1.807) is 17.4 Å². The third-order valence-corrected chi connectivity index (χ3v) is 5.52. The highest BCUT2D eigenvalue weighted by molar-refractivity contribution is 7.10. The highest BCUT2D eigenvalue weighted by Crippen LogP contribution is 2.53. The summed E-state index contributed by atoms with van der Waals surface area (Å²) in [6, 6.07) is 8.41. The van der Waals surface area contributed by atoms with Gasteiger partial charge in [0.15, 0.2) is 0 Å². The summed E-state index contributed by atoms with van der Waals surface area (Å²) in [4.78, 5) is 1.36. The van der Waals surface area contributed by atoms with Crippen LogP contribution in [0.25, 0.3) is 0 Å². The van der Waals surface area contributed by atoms with E-state index in [2.05, 4.69) is 41.9 Å². The summed E-state index contributed by atoms with van der Waals surface area (Å²) in [6.07, 6.45) is 5.71. The van der Waals surface area contributed by atoms with Crippen LogP contribution in [0.3, 0.4) is 0 Å². The highest BCUT2D eigenvalue weighted by Gasteiger charge is 2.39. The van der Waals surface area contributed by atoms with Crippen molar-refractivity contribution in [3.05, 3.63) is 57.8 Å². The molecule has 0 saturated carbocycles. The minimum atomic E-state index is 0.301. The smallest absolute Gasteiger partial charge is 0.139 e. The van der Waals surface area contributed by atoms with Gasteiger partial charge in [0, 0.05) is 10.8 Å². The molecule has 4 rings (SSSR count). The summed E-state index contributed by atoms with van der Waals surface area (Å²) in [7, 11) is 0. The van der Waals surface area contributed by atoms with Crippen molar-refractivity contribution in [2.75, 3.05) is 5.32 Å². The number of thiophene rings is 1. The zero-order chi connectivity index (χ0) is 13.7. The largest absolute Gasteiger partial charge is 0.506 e. The monoisotopic (exact) mass is 283 g/mol. The number of aromatic hydroxyl groups is 1. The molecule has 0 saturated heterocycles. The molecule has 0 fully saturated rings. The quantitative estimate of drug-likeness (QED) is 0.592. The lowest BCUT2D eigenvalue weighted by atomic mass is 9.77. The number of aryl methyl sites for hydroxylation is 1. The molecule has 2 aromatic rings. The first-order chi connectivity index (χ1) is 9.75. The van der Waals surface area contributed by atoms with Crippen LogP contribution in [0.15, 0.2) is 41.8 Å². The van der Waals surface area contributed by atoms with Crippen molar-refractivity contribution in [3.8, 4) is 5.75 Å². The molecule has 2 N–H and O–H groups in total. The molecular weight excluding hydrogens is 266 g/mol. The molecule has 3 unspecified atom stereocenters. The van der Waals surface area contributed by atoms with Gasteiger partial charge in [-0.05, 0) is 47.9 Å². The molecule has 102 valence electrons. The van der Waals surface area contributed by atoms with Crippen molar-refractivity contribution in [1.82, 2.24) is 0 Å². The first kappa shape index (κ1) is 12.0. The van der Waals surface area contributed by atoms with E-state index in [1.807, 2.05) is 6.07 Å². The standard InChI is InChI=1S/C17H17NOS/c1-10-7-8-13(19)17-15(10)11-4-2-5-12(11)16(18-17)14-6-3-9-20-14/h2-4,6-9,11-12,16,18-19H,5H2,1H3. The normalized spacial score (nSPS) is 26.9. The fourth-order valence-corrected chi connectivity index (χ4v) is 4.48. The Balaban J connectivity index is 1.88. The number of hydrogen-bond acceptors (Lipinski definition) is 3. The molecule has 0 radical (unpaired) electrons. The van der Waals surface area contributed by atoms with Crippen LogP contribution < -0.4 is 5.32 Å². The van der Waals surface area contributed by atoms with Gasteiger partial charge >= 0.3 is 0 Å². The van der Waals surface area contributed by atoms with Crippen molar-refractivity contribution in [1.29, 1.82) is 0 Å². The first-order valence-electron chi connectivity index (χ1n) is 7.05. The molecular formula is C17H17NOS.